The van der Waals surface area contributed by atoms with Crippen LogP contribution in [0.4, 0.5) is 5.69 Å². The average molecular weight is 236 g/mol. The van der Waals surface area contributed by atoms with E-state index in [-0.39, 0.29) is 0 Å². The highest BCUT2D eigenvalue weighted by atomic mass is 15.3. The molecule has 0 spiro atoms. The van der Waals surface area contributed by atoms with E-state index >= 15 is 0 Å². The third-order valence-electron chi connectivity index (χ3n) is 3.50. The molecule has 0 radical (unpaired) electrons. The van der Waals surface area contributed by atoms with Crippen LogP contribution in [0.25, 0.3) is 0 Å². The van der Waals surface area contributed by atoms with Gasteiger partial charge in [-0.1, -0.05) is 13.8 Å². The van der Waals surface area contributed by atoms with E-state index in [4.69, 9.17) is 0 Å². The lowest BCUT2D eigenvalue weighted by Gasteiger charge is -2.39. The molecule has 4 nitrogen and oxygen atoms in total. The summed E-state index contributed by atoms with van der Waals surface area (Å²) in [6, 6.07) is 1.01. The predicted molar refractivity (Wildman–Crippen MR) is 71.5 cm³/mol. The van der Waals surface area contributed by atoms with E-state index in [0.717, 1.165) is 19.6 Å². The minimum atomic E-state index is 0.434. The lowest BCUT2D eigenvalue weighted by molar-refractivity contribution is 0.390. The fourth-order valence-electron chi connectivity index (χ4n) is 2.40. The van der Waals surface area contributed by atoms with Crippen LogP contribution < -0.4 is 10.2 Å². The van der Waals surface area contributed by atoms with Crippen LogP contribution in [0.2, 0.25) is 0 Å². The number of anilines is 1. The molecule has 1 atom stereocenters. The first-order chi connectivity index (χ1) is 8.09. The van der Waals surface area contributed by atoms with Crippen LogP contribution >= 0.6 is 0 Å². The fourth-order valence-corrected chi connectivity index (χ4v) is 2.40. The van der Waals surface area contributed by atoms with Gasteiger partial charge in [-0.2, -0.15) is 5.10 Å². The first-order valence-electron chi connectivity index (χ1n) is 6.61. The maximum absolute atomic E-state index is 4.44. The Balaban J connectivity index is 2.17. The van der Waals surface area contributed by atoms with Crippen molar-refractivity contribution >= 4 is 5.69 Å². The van der Waals surface area contributed by atoms with Crippen LogP contribution in [0.5, 0.6) is 0 Å². The lowest BCUT2D eigenvalue weighted by atomic mass is 10.0. The normalized spacial score (nSPS) is 21.5. The Bertz CT molecular complexity index is 356. The van der Waals surface area contributed by atoms with Crippen LogP contribution in [0.3, 0.4) is 0 Å². The Morgan fingerprint density at radius 1 is 1.35 bits per heavy atom. The van der Waals surface area contributed by atoms with Gasteiger partial charge in [0, 0.05) is 37.9 Å². The monoisotopic (exact) mass is 236 g/mol. The number of nitrogens with zero attached hydrogens (tertiary/aromatic N) is 3. The summed E-state index contributed by atoms with van der Waals surface area (Å²) in [7, 11) is 0. The van der Waals surface area contributed by atoms with Crippen molar-refractivity contribution in [3.05, 3.63) is 12.4 Å². The number of nitrogens with one attached hydrogen (secondary N) is 1. The van der Waals surface area contributed by atoms with Crippen LogP contribution in [0.1, 0.15) is 33.7 Å². The van der Waals surface area contributed by atoms with Gasteiger partial charge in [0.05, 0.1) is 11.9 Å². The van der Waals surface area contributed by atoms with E-state index in [1.165, 1.54) is 5.69 Å². The third-order valence-corrected chi connectivity index (χ3v) is 3.50. The van der Waals surface area contributed by atoms with Gasteiger partial charge in [-0.15, -0.1) is 0 Å². The zero-order valence-electron chi connectivity index (χ0n) is 11.3. The zero-order chi connectivity index (χ0) is 12.4. The molecule has 1 aliphatic rings. The summed E-state index contributed by atoms with van der Waals surface area (Å²) in [5.41, 5.74) is 1.26. The second-order valence-corrected chi connectivity index (χ2v) is 5.48. The van der Waals surface area contributed by atoms with E-state index in [2.05, 4.69) is 49.2 Å². The molecule has 2 heterocycles. The van der Waals surface area contributed by atoms with Crippen molar-refractivity contribution in [3.8, 4) is 0 Å². The fraction of sp³-hybridized carbons (Fsp3) is 0.769. The molecule has 1 fully saturated rings. The molecule has 0 bridgehead atoms. The van der Waals surface area contributed by atoms with Crippen molar-refractivity contribution in [2.24, 2.45) is 5.92 Å². The molecule has 0 aliphatic carbocycles. The van der Waals surface area contributed by atoms with Gasteiger partial charge in [-0.05, 0) is 19.8 Å². The summed E-state index contributed by atoms with van der Waals surface area (Å²) in [6.45, 7) is 12.1. The van der Waals surface area contributed by atoms with Gasteiger partial charge in [0.1, 0.15) is 0 Å². The summed E-state index contributed by atoms with van der Waals surface area (Å²) in [5, 5.41) is 7.92. The Hall–Kier alpha value is -1.03. The van der Waals surface area contributed by atoms with Crippen molar-refractivity contribution < 1.29 is 0 Å². The summed E-state index contributed by atoms with van der Waals surface area (Å²) < 4.78 is 2.04. The van der Waals surface area contributed by atoms with Gasteiger partial charge in [-0.3, -0.25) is 4.68 Å². The number of hydrogen-bond acceptors (Lipinski definition) is 3. The van der Waals surface area contributed by atoms with Gasteiger partial charge >= 0.3 is 0 Å². The van der Waals surface area contributed by atoms with E-state index in [0.29, 0.717) is 18.0 Å². The van der Waals surface area contributed by atoms with Crippen molar-refractivity contribution in [3.63, 3.8) is 0 Å². The summed E-state index contributed by atoms with van der Waals surface area (Å²) >= 11 is 0. The second kappa shape index (κ2) is 5.08. The van der Waals surface area contributed by atoms with Gasteiger partial charge in [-0.25, -0.2) is 0 Å². The molecular weight excluding hydrogens is 212 g/mol. The van der Waals surface area contributed by atoms with Gasteiger partial charge < -0.3 is 10.2 Å². The predicted octanol–water partition coefficient (Wildman–Crippen LogP) is 1.90. The first-order valence-corrected chi connectivity index (χ1v) is 6.61. The van der Waals surface area contributed by atoms with Gasteiger partial charge in [0.15, 0.2) is 0 Å². The number of rotatable bonds is 3. The Kier molecular flexibility index (Phi) is 3.72. The number of hydrogen-bond donors (Lipinski definition) is 1. The highest BCUT2D eigenvalue weighted by molar-refractivity contribution is 5.44. The average Bonchev–Trinajstić information content (AvgIpc) is 2.78. The maximum atomic E-state index is 4.44. The molecule has 1 aromatic heterocycles. The minimum Gasteiger partial charge on any atom is -0.363 e. The molecule has 0 amide bonds. The molecule has 1 aliphatic heterocycles. The molecule has 96 valence electrons. The van der Waals surface area contributed by atoms with Crippen LogP contribution in [0.15, 0.2) is 12.4 Å². The Morgan fingerprint density at radius 2 is 2.12 bits per heavy atom. The number of piperazine rings is 1. The molecular formula is C13H24N4. The summed E-state index contributed by atoms with van der Waals surface area (Å²) in [4.78, 5) is 2.49. The van der Waals surface area contributed by atoms with Crippen LogP contribution in [-0.2, 0) is 0 Å². The smallest absolute Gasteiger partial charge is 0.0756 e. The molecule has 2 rings (SSSR count). The summed E-state index contributed by atoms with van der Waals surface area (Å²) in [6.07, 6.45) is 4.17. The van der Waals surface area contributed by atoms with Crippen LogP contribution in [-0.4, -0.2) is 35.5 Å². The highest BCUT2D eigenvalue weighted by Gasteiger charge is 2.25. The van der Waals surface area contributed by atoms with Gasteiger partial charge in [0.2, 0.25) is 0 Å². The zero-order valence-corrected chi connectivity index (χ0v) is 11.3. The molecule has 4 heteroatoms. The Morgan fingerprint density at radius 3 is 2.71 bits per heavy atom. The molecule has 0 aromatic carbocycles. The van der Waals surface area contributed by atoms with Crippen LogP contribution in [0, 0.1) is 5.92 Å². The topological polar surface area (TPSA) is 33.1 Å². The van der Waals surface area contributed by atoms with Crippen molar-refractivity contribution in [2.75, 3.05) is 24.5 Å². The van der Waals surface area contributed by atoms with Crippen molar-refractivity contribution in [1.82, 2.24) is 15.1 Å². The van der Waals surface area contributed by atoms with Crippen molar-refractivity contribution in [2.45, 2.75) is 39.8 Å². The quantitative estimate of drug-likeness (QED) is 0.870. The van der Waals surface area contributed by atoms with E-state index in [1.807, 2.05) is 10.9 Å². The first kappa shape index (κ1) is 12.4. The SMILES string of the molecule is CC(C)C1CNCCN1c1cnn(C(C)C)c1. The third kappa shape index (κ3) is 2.63. The largest absolute Gasteiger partial charge is 0.363 e. The number of aromatic nitrogens is 2. The lowest BCUT2D eigenvalue weighted by Crippen LogP contribution is -2.53. The highest BCUT2D eigenvalue weighted by Crippen LogP contribution is 2.22. The molecule has 1 unspecified atom stereocenters. The molecule has 1 saturated heterocycles. The standard InChI is InChI=1S/C13H24N4/c1-10(2)13-8-14-5-6-16(13)12-7-15-17(9-12)11(3)4/h7,9-11,13-14H,5-6,8H2,1-4H3. The maximum Gasteiger partial charge on any atom is 0.0756 e. The molecule has 1 aromatic rings. The van der Waals surface area contributed by atoms with Gasteiger partial charge in [0.25, 0.3) is 0 Å². The molecule has 0 saturated carbocycles. The van der Waals surface area contributed by atoms with E-state index in [1.54, 1.807) is 0 Å². The Labute approximate surface area is 104 Å². The molecule has 1 N–H and O–H groups in total. The summed E-state index contributed by atoms with van der Waals surface area (Å²) in [5.74, 6) is 0.658. The van der Waals surface area contributed by atoms with E-state index in [9.17, 15) is 0 Å². The van der Waals surface area contributed by atoms with E-state index < -0.39 is 0 Å². The molecule has 17 heavy (non-hydrogen) atoms. The minimum absolute atomic E-state index is 0.434. The van der Waals surface area contributed by atoms with Crippen molar-refractivity contribution in [1.29, 1.82) is 0 Å². The second-order valence-electron chi connectivity index (χ2n) is 5.48.